The highest BCUT2D eigenvalue weighted by Crippen LogP contribution is 2.68. The van der Waals surface area contributed by atoms with E-state index in [1.807, 2.05) is 32.0 Å². The maximum atomic E-state index is 14.7. The molecule has 3 fully saturated rings. The number of nitrogens with zero attached hydrogens (tertiary/aromatic N) is 2. The van der Waals surface area contributed by atoms with Gasteiger partial charge in [0, 0.05) is 35.5 Å². The van der Waals surface area contributed by atoms with Crippen LogP contribution >= 0.6 is 27.7 Å². The fourth-order valence-corrected chi connectivity index (χ4v) is 10.2. The highest BCUT2D eigenvalue weighted by Gasteiger charge is 2.76. The van der Waals surface area contributed by atoms with Gasteiger partial charge in [-0.25, -0.2) is 0 Å². The van der Waals surface area contributed by atoms with Gasteiger partial charge < -0.3 is 19.6 Å². The van der Waals surface area contributed by atoms with Gasteiger partial charge in [-0.2, -0.15) is 0 Å². The van der Waals surface area contributed by atoms with Crippen LogP contribution in [-0.2, 0) is 19.1 Å². The number of hydrogen-bond acceptors (Lipinski definition) is 6. The average molecular weight is 620 g/mol. The van der Waals surface area contributed by atoms with Gasteiger partial charge in [0.15, 0.2) is 0 Å². The van der Waals surface area contributed by atoms with Crippen molar-refractivity contribution in [1.82, 2.24) is 4.90 Å². The van der Waals surface area contributed by atoms with Crippen molar-refractivity contribution in [2.24, 2.45) is 11.8 Å². The number of carbonyl (C=O) groups excluding carboxylic acids is 3. The van der Waals surface area contributed by atoms with Crippen molar-refractivity contribution in [2.45, 2.75) is 66.8 Å². The van der Waals surface area contributed by atoms with Gasteiger partial charge >= 0.3 is 5.97 Å². The van der Waals surface area contributed by atoms with Crippen molar-refractivity contribution < 1.29 is 24.2 Å². The van der Waals surface area contributed by atoms with Gasteiger partial charge in [0.25, 0.3) is 5.91 Å². The lowest BCUT2D eigenvalue weighted by Gasteiger charge is -2.38. The number of halogens is 1. The molecule has 1 aromatic rings. The molecule has 7 nitrogen and oxygen atoms in total. The summed E-state index contributed by atoms with van der Waals surface area (Å²) in [6.45, 7) is 12.6. The monoisotopic (exact) mass is 618 g/mol. The zero-order valence-corrected chi connectivity index (χ0v) is 25.2. The number of aryl methyl sites for hydroxylation is 2. The van der Waals surface area contributed by atoms with Crippen LogP contribution in [0.15, 0.2) is 43.5 Å². The van der Waals surface area contributed by atoms with E-state index in [1.165, 1.54) is 0 Å². The van der Waals surface area contributed by atoms with Crippen LogP contribution in [0, 0.1) is 25.7 Å². The quantitative estimate of drug-likeness (QED) is 0.151. The Kier molecular flexibility index (Phi) is 9.65. The van der Waals surface area contributed by atoms with Gasteiger partial charge in [-0.15, -0.1) is 24.9 Å². The zero-order valence-electron chi connectivity index (χ0n) is 22.8. The Labute approximate surface area is 244 Å². The number of thioether (sulfide) groups is 1. The molecule has 3 saturated heterocycles. The van der Waals surface area contributed by atoms with E-state index in [4.69, 9.17) is 4.74 Å². The second-order valence-electron chi connectivity index (χ2n) is 10.7. The summed E-state index contributed by atoms with van der Waals surface area (Å²) >= 11 is 5.42. The standard InChI is InChI=1S/C30H39BrN2O5S/c1-5-7-17-38-29(37)22-23-27(35)33(15-9-8-10-16-34)26(30(23)18-21(31)25(22)39-30)28(36)32(14-6-2)24-19(3)12-11-13-20(24)4/h5-6,11-13,21-23,25-26,34H,1-2,7-10,14-18H2,3-4H3/t21?,22-,23+,25-,26?,30?/m1/s1. The van der Waals surface area contributed by atoms with E-state index in [0.29, 0.717) is 38.8 Å². The van der Waals surface area contributed by atoms with E-state index in [0.717, 1.165) is 23.2 Å². The Morgan fingerprint density at radius 1 is 1.23 bits per heavy atom. The first-order chi connectivity index (χ1) is 18.7. The van der Waals surface area contributed by atoms with E-state index in [1.54, 1.807) is 33.7 Å². The lowest BCUT2D eigenvalue weighted by molar-refractivity contribution is -0.154. The molecule has 212 valence electrons. The Bertz CT molecular complexity index is 1110. The molecule has 0 radical (unpaired) electrons. The summed E-state index contributed by atoms with van der Waals surface area (Å²) in [5.74, 6) is -1.88. The number of aliphatic hydroxyl groups is 1. The Hall–Kier alpha value is -2.10. The third-order valence-corrected chi connectivity index (χ3v) is 11.4. The minimum atomic E-state index is -0.734. The molecule has 3 aliphatic heterocycles. The van der Waals surface area contributed by atoms with Crippen LogP contribution in [0.25, 0.3) is 0 Å². The minimum Gasteiger partial charge on any atom is -0.465 e. The number of unbranched alkanes of at least 4 members (excludes halogenated alkanes) is 2. The highest BCUT2D eigenvalue weighted by atomic mass is 79.9. The van der Waals surface area contributed by atoms with Crippen molar-refractivity contribution in [1.29, 1.82) is 0 Å². The first-order valence-corrected chi connectivity index (χ1v) is 15.5. The molecule has 2 amide bonds. The molecule has 0 aromatic heterocycles. The minimum absolute atomic E-state index is 0.0128. The van der Waals surface area contributed by atoms with Gasteiger partial charge in [0.05, 0.1) is 23.2 Å². The van der Waals surface area contributed by atoms with E-state index in [-0.39, 0.29) is 41.1 Å². The van der Waals surface area contributed by atoms with Crippen molar-refractivity contribution in [3.8, 4) is 0 Å². The van der Waals surface area contributed by atoms with Crippen LogP contribution in [0.4, 0.5) is 5.69 Å². The topological polar surface area (TPSA) is 87.2 Å². The molecule has 3 aliphatic rings. The second kappa shape index (κ2) is 12.6. The molecule has 2 bridgehead atoms. The lowest BCUT2D eigenvalue weighted by Crippen LogP contribution is -2.56. The Balaban J connectivity index is 1.76. The molecule has 3 heterocycles. The number of likely N-dealkylation sites (tertiary alicyclic amines) is 1. The largest absolute Gasteiger partial charge is 0.465 e. The normalized spacial score (nSPS) is 28.9. The van der Waals surface area contributed by atoms with Crippen molar-refractivity contribution in [3.63, 3.8) is 0 Å². The number of alkyl halides is 1. The molecule has 1 aromatic carbocycles. The van der Waals surface area contributed by atoms with E-state index < -0.39 is 22.6 Å². The van der Waals surface area contributed by atoms with E-state index in [9.17, 15) is 19.5 Å². The van der Waals surface area contributed by atoms with Gasteiger partial charge in [0.2, 0.25) is 5.91 Å². The summed E-state index contributed by atoms with van der Waals surface area (Å²) in [5, 5.41) is 9.13. The molecule has 0 saturated carbocycles. The SMILES string of the molecule is C=CCCOC(=O)[C@H]1[C@@H]2SC3(CC2Br)C(C(=O)N(CC=C)c2c(C)cccc2C)N(CCCCCO)C(=O)[C@H]13. The number of fused-ring (bicyclic) bond motifs is 1. The highest BCUT2D eigenvalue weighted by molar-refractivity contribution is 9.09. The first-order valence-electron chi connectivity index (χ1n) is 13.7. The fraction of sp³-hybridized carbons (Fsp3) is 0.567. The molecule has 39 heavy (non-hydrogen) atoms. The fourth-order valence-electron chi connectivity index (χ4n) is 6.63. The third-order valence-electron chi connectivity index (χ3n) is 8.21. The number of rotatable bonds is 13. The molecule has 3 unspecified atom stereocenters. The lowest BCUT2D eigenvalue weighted by atomic mass is 9.71. The maximum absolute atomic E-state index is 14.7. The van der Waals surface area contributed by atoms with Crippen molar-refractivity contribution in [2.75, 3.05) is 31.2 Å². The summed E-state index contributed by atoms with van der Waals surface area (Å²) in [7, 11) is 0. The van der Waals surface area contributed by atoms with Gasteiger partial charge in [-0.3, -0.25) is 14.4 Å². The number of amides is 2. The van der Waals surface area contributed by atoms with Crippen LogP contribution in [-0.4, -0.2) is 75.0 Å². The number of carbonyl (C=O) groups is 3. The van der Waals surface area contributed by atoms with Crippen molar-refractivity contribution in [3.05, 3.63) is 54.6 Å². The van der Waals surface area contributed by atoms with E-state index in [2.05, 4.69) is 29.1 Å². The van der Waals surface area contributed by atoms with Crippen molar-refractivity contribution >= 4 is 51.2 Å². The number of anilines is 1. The van der Waals surface area contributed by atoms with Gasteiger partial charge in [-0.1, -0.05) is 46.3 Å². The molecule has 6 atom stereocenters. The summed E-state index contributed by atoms with van der Waals surface area (Å²) in [5.41, 5.74) is 2.79. The summed E-state index contributed by atoms with van der Waals surface area (Å²) in [6.07, 6.45) is 6.63. The van der Waals surface area contributed by atoms with Crippen LogP contribution in [0.1, 0.15) is 43.2 Å². The molecule has 1 spiro atoms. The smallest absolute Gasteiger partial charge is 0.310 e. The number of benzene rings is 1. The van der Waals surface area contributed by atoms with Gasteiger partial charge in [0.1, 0.15) is 6.04 Å². The van der Waals surface area contributed by atoms with E-state index >= 15 is 0 Å². The third kappa shape index (κ3) is 5.34. The Morgan fingerprint density at radius 3 is 2.59 bits per heavy atom. The number of esters is 1. The molecule has 9 heteroatoms. The number of aliphatic hydroxyl groups excluding tert-OH is 1. The Morgan fingerprint density at radius 2 is 1.95 bits per heavy atom. The molecular formula is C30H39BrN2O5S. The van der Waals surface area contributed by atoms with Crippen LogP contribution in [0.2, 0.25) is 0 Å². The average Bonchev–Trinajstić information content (AvgIpc) is 3.49. The predicted octanol–water partition coefficient (Wildman–Crippen LogP) is 4.57. The van der Waals surface area contributed by atoms with Crippen LogP contribution in [0.5, 0.6) is 0 Å². The molecule has 1 N–H and O–H groups in total. The summed E-state index contributed by atoms with van der Waals surface area (Å²) < 4.78 is 4.87. The number of ether oxygens (including phenoxy) is 1. The first kappa shape index (κ1) is 29.9. The van der Waals surface area contributed by atoms with Gasteiger partial charge in [-0.05, 0) is 57.1 Å². The molecular weight excluding hydrogens is 580 g/mol. The number of hydrogen-bond donors (Lipinski definition) is 1. The maximum Gasteiger partial charge on any atom is 0.310 e. The number of para-hydroxylation sites is 1. The second-order valence-corrected chi connectivity index (χ2v) is 13.4. The predicted molar refractivity (Wildman–Crippen MR) is 159 cm³/mol. The summed E-state index contributed by atoms with van der Waals surface area (Å²) in [4.78, 5) is 45.7. The molecule has 0 aliphatic carbocycles. The van der Waals surface area contributed by atoms with Crippen LogP contribution in [0.3, 0.4) is 0 Å². The molecule has 4 rings (SSSR count). The van der Waals surface area contributed by atoms with Crippen LogP contribution < -0.4 is 4.90 Å². The zero-order chi connectivity index (χ0) is 28.3. The summed E-state index contributed by atoms with van der Waals surface area (Å²) in [6, 6.07) is 5.22.